The summed E-state index contributed by atoms with van der Waals surface area (Å²) in [5.41, 5.74) is 16.0. The van der Waals surface area contributed by atoms with E-state index in [9.17, 15) is 63.3 Å². The van der Waals surface area contributed by atoms with Gasteiger partial charge in [0.05, 0.1) is 31.9 Å². The van der Waals surface area contributed by atoms with E-state index < -0.39 is 127 Å². The maximum absolute atomic E-state index is 13.3. The highest BCUT2D eigenvalue weighted by molar-refractivity contribution is 7.98. The third kappa shape index (κ3) is 20.3. The lowest BCUT2D eigenvalue weighted by molar-refractivity contribution is -0.143. The number of nitrogens with one attached hydrogen (secondary N) is 6. The first-order chi connectivity index (χ1) is 25.5. The number of amides is 8. The van der Waals surface area contributed by atoms with Crippen LogP contribution in [0.25, 0.3) is 0 Å². The maximum atomic E-state index is 13.3. The minimum Gasteiger partial charge on any atom is -0.481 e. The van der Waals surface area contributed by atoms with Gasteiger partial charge in [-0.2, -0.15) is 11.8 Å². The van der Waals surface area contributed by atoms with Crippen molar-refractivity contribution in [3.8, 4) is 0 Å². The van der Waals surface area contributed by atoms with Gasteiger partial charge in [-0.1, -0.05) is 27.7 Å². The predicted octanol–water partition coefficient (Wildman–Crippen LogP) is -4.63. The van der Waals surface area contributed by atoms with Gasteiger partial charge in [-0.05, 0) is 43.1 Å². The number of aliphatic hydroxyl groups is 1. The van der Waals surface area contributed by atoms with Gasteiger partial charge in [0.2, 0.25) is 47.3 Å². The Morgan fingerprint density at radius 1 is 0.545 bits per heavy atom. The van der Waals surface area contributed by atoms with Crippen LogP contribution < -0.4 is 49.1 Å². The molecule has 0 aliphatic heterocycles. The molecule has 0 spiro atoms. The van der Waals surface area contributed by atoms with Crippen LogP contribution in [0.2, 0.25) is 0 Å². The van der Waals surface area contributed by atoms with Crippen LogP contribution in [0.3, 0.4) is 0 Å². The zero-order valence-electron chi connectivity index (χ0n) is 31.4. The number of rotatable bonds is 27. The Hall–Kier alpha value is -5.03. The number of nitrogens with two attached hydrogens (primary N) is 3. The van der Waals surface area contributed by atoms with Crippen LogP contribution in [0.15, 0.2) is 0 Å². The van der Waals surface area contributed by atoms with E-state index in [0.717, 1.165) is 0 Å². The largest absolute Gasteiger partial charge is 0.481 e. The Balaban J connectivity index is 6.15. The van der Waals surface area contributed by atoms with Gasteiger partial charge in [0, 0.05) is 0 Å². The van der Waals surface area contributed by atoms with Crippen molar-refractivity contribution in [2.24, 2.45) is 29.0 Å². The van der Waals surface area contributed by atoms with E-state index in [1.165, 1.54) is 11.8 Å². The van der Waals surface area contributed by atoms with Crippen molar-refractivity contribution in [3.05, 3.63) is 0 Å². The van der Waals surface area contributed by atoms with Crippen LogP contribution in [0, 0.1) is 11.8 Å². The van der Waals surface area contributed by atoms with E-state index in [1.807, 2.05) is 0 Å². The molecule has 0 aliphatic carbocycles. The highest BCUT2D eigenvalue weighted by Gasteiger charge is 2.35. The number of carbonyl (C=O) groups is 10. The molecule has 0 bridgehead atoms. The summed E-state index contributed by atoms with van der Waals surface area (Å²) < 4.78 is 0. The molecular weight excluding hydrogens is 750 g/mol. The highest BCUT2D eigenvalue weighted by Crippen LogP contribution is 2.10. The van der Waals surface area contributed by atoms with Crippen LogP contribution in [0.1, 0.15) is 66.2 Å². The molecule has 8 amide bonds. The lowest BCUT2D eigenvalue weighted by Gasteiger charge is -2.27. The average molecular weight is 806 g/mol. The second-order valence-electron chi connectivity index (χ2n) is 13.5. The summed E-state index contributed by atoms with van der Waals surface area (Å²) in [5.74, 6) is -11.4. The van der Waals surface area contributed by atoms with E-state index >= 15 is 0 Å². The Kier molecular flexibility index (Phi) is 22.8. The van der Waals surface area contributed by atoms with Gasteiger partial charge in [-0.3, -0.25) is 43.2 Å². The van der Waals surface area contributed by atoms with Crippen molar-refractivity contribution < 1.29 is 63.3 Å². The number of carboxylic acid groups (broad SMARTS) is 2. The van der Waals surface area contributed by atoms with E-state index in [4.69, 9.17) is 17.2 Å². The first kappa shape index (κ1) is 50.0. The number of carboxylic acids is 2. The zero-order valence-corrected chi connectivity index (χ0v) is 32.2. The molecule has 23 heteroatoms. The molecule has 312 valence electrons. The van der Waals surface area contributed by atoms with E-state index in [-0.39, 0.29) is 31.1 Å². The number of carbonyl (C=O) groups excluding carboxylic acids is 8. The number of thioether (sulfide) groups is 1. The number of hydrogen-bond donors (Lipinski definition) is 12. The van der Waals surface area contributed by atoms with E-state index in [0.29, 0.717) is 5.75 Å². The summed E-state index contributed by atoms with van der Waals surface area (Å²) in [7, 11) is 0. The van der Waals surface area contributed by atoms with Crippen LogP contribution in [0.4, 0.5) is 0 Å². The quantitative estimate of drug-likeness (QED) is 0.0372. The lowest BCUT2D eigenvalue weighted by Crippen LogP contribution is -2.61. The molecule has 0 aliphatic rings. The molecule has 0 fully saturated rings. The minimum atomic E-state index is -1.90. The van der Waals surface area contributed by atoms with Crippen molar-refractivity contribution in [1.29, 1.82) is 0 Å². The van der Waals surface area contributed by atoms with Crippen LogP contribution in [-0.2, 0) is 47.9 Å². The fraction of sp³-hybridized carbons (Fsp3) is 0.688. The number of primary amides is 2. The molecule has 0 unspecified atom stereocenters. The van der Waals surface area contributed by atoms with Crippen LogP contribution in [0.5, 0.6) is 0 Å². The maximum Gasteiger partial charge on any atom is 0.326 e. The first-order valence-electron chi connectivity index (χ1n) is 17.2. The summed E-state index contributed by atoms with van der Waals surface area (Å²) in [6, 6.07) is -11.0. The van der Waals surface area contributed by atoms with Gasteiger partial charge in [0.1, 0.15) is 36.3 Å². The summed E-state index contributed by atoms with van der Waals surface area (Å²) in [6.45, 7) is 5.89. The standard InChI is InChI=1S/C32H55N9O13S/c1-14(2)8-18(28(49)40-21(32(53)54)9-15(3)4)37-31(52)22(13-42)41-29(50)19(11-24(35)44)38-30(51)20(12-25(45)46)39-27(48)17(6-7-55-5)36-26(47)16(33)10-23(34)43/h14-22,42H,6-13,33H2,1-5H3,(H2,34,43)(H2,35,44)(H,36,47)(H,37,52)(H,38,51)(H,39,48)(H,40,49)(H,41,50)(H,45,46)(H,53,54)/t16-,17-,18-,19-,20-,21-,22-/m0/s1. The minimum absolute atomic E-state index is 0.0245. The fourth-order valence-electron chi connectivity index (χ4n) is 4.84. The second kappa shape index (κ2) is 25.1. The SMILES string of the molecule is CSCC[C@H](NC(=O)[C@@H](N)CC(N)=O)C(=O)N[C@@H](CC(=O)O)C(=O)N[C@@H](CC(N)=O)C(=O)N[C@@H](CO)C(=O)N[C@@H](CC(C)C)C(=O)N[C@@H](CC(C)C)C(=O)O. The van der Waals surface area contributed by atoms with Crippen molar-refractivity contribution in [3.63, 3.8) is 0 Å². The lowest BCUT2D eigenvalue weighted by atomic mass is 10.00. The van der Waals surface area contributed by atoms with E-state index in [1.54, 1.807) is 34.0 Å². The molecular formula is C32H55N9O13S. The molecule has 0 aromatic heterocycles. The van der Waals surface area contributed by atoms with Crippen LogP contribution >= 0.6 is 11.8 Å². The van der Waals surface area contributed by atoms with Crippen molar-refractivity contribution in [1.82, 2.24) is 31.9 Å². The van der Waals surface area contributed by atoms with E-state index in [2.05, 4.69) is 31.9 Å². The molecule has 55 heavy (non-hydrogen) atoms. The molecule has 0 rings (SSSR count). The Labute approximate surface area is 321 Å². The Morgan fingerprint density at radius 2 is 0.927 bits per heavy atom. The topological polar surface area (TPSA) is 382 Å². The van der Waals surface area contributed by atoms with Crippen molar-refractivity contribution in [2.45, 2.75) is 109 Å². The first-order valence-corrected chi connectivity index (χ1v) is 18.6. The fourth-order valence-corrected chi connectivity index (χ4v) is 5.31. The van der Waals surface area contributed by atoms with Crippen LogP contribution in [-0.4, -0.2) is 135 Å². The van der Waals surface area contributed by atoms with Gasteiger partial charge in [-0.15, -0.1) is 0 Å². The molecule has 15 N–H and O–H groups in total. The molecule has 22 nitrogen and oxygen atoms in total. The number of hydrogen-bond acceptors (Lipinski definition) is 13. The number of aliphatic carboxylic acids is 2. The molecule has 0 saturated carbocycles. The predicted molar refractivity (Wildman–Crippen MR) is 196 cm³/mol. The summed E-state index contributed by atoms with van der Waals surface area (Å²) in [4.78, 5) is 125. The second-order valence-corrected chi connectivity index (χ2v) is 14.5. The molecule has 0 aromatic carbocycles. The summed E-state index contributed by atoms with van der Waals surface area (Å²) >= 11 is 1.28. The molecule has 0 radical (unpaired) electrons. The monoisotopic (exact) mass is 805 g/mol. The van der Waals surface area contributed by atoms with Gasteiger partial charge in [0.25, 0.3) is 0 Å². The normalized spacial score (nSPS) is 14.9. The third-order valence-corrected chi connectivity index (χ3v) is 8.17. The van der Waals surface area contributed by atoms with Gasteiger partial charge in [-0.25, -0.2) is 4.79 Å². The van der Waals surface area contributed by atoms with Gasteiger partial charge < -0.3 is 64.4 Å². The molecule has 0 heterocycles. The van der Waals surface area contributed by atoms with Crippen molar-refractivity contribution >= 4 is 71.0 Å². The van der Waals surface area contributed by atoms with Crippen molar-refractivity contribution in [2.75, 3.05) is 18.6 Å². The number of aliphatic hydroxyl groups excluding tert-OH is 1. The summed E-state index contributed by atoms with van der Waals surface area (Å²) in [5, 5.41) is 42.4. The Bertz CT molecular complexity index is 1400. The zero-order chi connectivity index (χ0) is 42.6. The van der Waals surface area contributed by atoms with Gasteiger partial charge >= 0.3 is 11.9 Å². The molecule has 0 saturated heterocycles. The molecule has 0 aromatic rings. The third-order valence-electron chi connectivity index (χ3n) is 7.53. The average Bonchev–Trinajstić information content (AvgIpc) is 3.05. The Morgan fingerprint density at radius 3 is 1.36 bits per heavy atom. The van der Waals surface area contributed by atoms with Gasteiger partial charge in [0.15, 0.2) is 0 Å². The smallest absolute Gasteiger partial charge is 0.326 e. The summed E-state index contributed by atoms with van der Waals surface area (Å²) in [6.07, 6.45) is -0.722. The molecule has 7 atom stereocenters. The highest BCUT2D eigenvalue weighted by atomic mass is 32.2.